The average Bonchev–Trinajstić information content (AvgIpc) is 2.66. The Labute approximate surface area is 147 Å². The Balaban J connectivity index is 1.93. The van der Waals surface area contributed by atoms with Crippen LogP contribution in [0, 0.1) is 0 Å². The number of aliphatic hydroxyl groups is 1. The molecule has 0 amide bonds. The minimum atomic E-state index is -0.857. The summed E-state index contributed by atoms with van der Waals surface area (Å²) in [6.45, 7) is 0.387. The molecule has 0 fully saturated rings. The summed E-state index contributed by atoms with van der Waals surface area (Å²) in [4.78, 5) is 0. The van der Waals surface area contributed by atoms with Gasteiger partial charge in [-0.1, -0.05) is 54.6 Å². The molecule has 3 N–H and O–H groups in total. The van der Waals surface area contributed by atoms with E-state index in [9.17, 15) is 5.11 Å². The van der Waals surface area contributed by atoms with E-state index in [0.29, 0.717) is 34.9 Å². The van der Waals surface area contributed by atoms with Crippen molar-refractivity contribution >= 4 is 5.69 Å². The fraction of sp³-hybridized carbons (Fsp3) is 0.143. The van der Waals surface area contributed by atoms with Crippen molar-refractivity contribution in [2.75, 3.05) is 12.8 Å². The molecular formula is C21H21NO3. The third-order valence-corrected chi connectivity index (χ3v) is 3.98. The van der Waals surface area contributed by atoms with Crippen molar-refractivity contribution in [3.8, 4) is 11.5 Å². The molecule has 4 heteroatoms. The maximum absolute atomic E-state index is 10.8. The molecule has 3 aromatic carbocycles. The quantitative estimate of drug-likeness (QED) is 0.670. The summed E-state index contributed by atoms with van der Waals surface area (Å²) >= 11 is 0. The average molecular weight is 335 g/mol. The Kier molecular flexibility index (Phi) is 5.21. The van der Waals surface area contributed by atoms with E-state index in [2.05, 4.69) is 0 Å². The lowest BCUT2D eigenvalue weighted by Gasteiger charge is -2.19. The molecule has 4 nitrogen and oxygen atoms in total. The molecule has 1 unspecified atom stereocenters. The van der Waals surface area contributed by atoms with Crippen molar-refractivity contribution in [2.45, 2.75) is 12.7 Å². The van der Waals surface area contributed by atoms with Gasteiger partial charge in [0.2, 0.25) is 0 Å². The van der Waals surface area contributed by atoms with Crippen molar-refractivity contribution < 1.29 is 14.6 Å². The van der Waals surface area contributed by atoms with Gasteiger partial charge >= 0.3 is 0 Å². The number of aliphatic hydroxyl groups excluding tert-OH is 1. The maximum Gasteiger partial charge on any atom is 0.167 e. The molecule has 0 heterocycles. The van der Waals surface area contributed by atoms with Crippen LogP contribution < -0.4 is 15.2 Å². The minimum Gasteiger partial charge on any atom is -0.493 e. The number of methoxy groups -OCH3 is 1. The number of rotatable bonds is 6. The Hall–Kier alpha value is -2.98. The first-order valence-corrected chi connectivity index (χ1v) is 8.06. The van der Waals surface area contributed by atoms with Gasteiger partial charge in [-0.15, -0.1) is 0 Å². The third-order valence-electron chi connectivity index (χ3n) is 3.98. The lowest BCUT2D eigenvalue weighted by Crippen LogP contribution is -2.06. The Morgan fingerprint density at radius 2 is 1.72 bits per heavy atom. The largest absolute Gasteiger partial charge is 0.493 e. The number of nitrogens with two attached hydrogens (primary N) is 1. The number of hydrogen-bond acceptors (Lipinski definition) is 4. The van der Waals surface area contributed by atoms with E-state index in [-0.39, 0.29) is 0 Å². The zero-order chi connectivity index (χ0) is 17.6. The fourth-order valence-electron chi connectivity index (χ4n) is 2.70. The molecule has 0 aliphatic rings. The topological polar surface area (TPSA) is 64.7 Å². The summed E-state index contributed by atoms with van der Waals surface area (Å²) in [5, 5.41) is 10.8. The van der Waals surface area contributed by atoms with E-state index in [4.69, 9.17) is 15.2 Å². The van der Waals surface area contributed by atoms with E-state index >= 15 is 0 Å². The Morgan fingerprint density at radius 1 is 0.960 bits per heavy atom. The molecule has 0 aromatic heterocycles. The van der Waals surface area contributed by atoms with Crippen LogP contribution in [0.3, 0.4) is 0 Å². The molecule has 128 valence electrons. The van der Waals surface area contributed by atoms with Crippen LogP contribution in [0.4, 0.5) is 5.69 Å². The number of anilines is 1. The fourth-order valence-corrected chi connectivity index (χ4v) is 2.70. The first-order valence-electron chi connectivity index (χ1n) is 8.06. The highest BCUT2D eigenvalue weighted by molar-refractivity contribution is 5.51. The van der Waals surface area contributed by atoms with Gasteiger partial charge in [0, 0.05) is 11.3 Å². The highest BCUT2D eigenvalue weighted by atomic mass is 16.5. The number of nitrogen functional groups attached to an aromatic ring is 1. The highest BCUT2D eigenvalue weighted by Gasteiger charge is 2.19. The summed E-state index contributed by atoms with van der Waals surface area (Å²) in [7, 11) is 1.58. The van der Waals surface area contributed by atoms with E-state index in [1.807, 2.05) is 60.7 Å². The molecule has 3 rings (SSSR count). The van der Waals surface area contributed by atoms with Crippen LogP contribution in [-0.2, 0) is 6.61 Å². The number of para-hydroxylation sites is 1. The SMILES string of the molecule is COc1cccc(C(O)c2cccc(N)c2)c1OCc1ccccc1. The summed E-state index contributed by atoms with van der Waals surface area (Å²) in [5.41, 5.74) is 8.82. The molecule has 0 saturated heterocycles. The minimum absolute atomic E-state index is 0.387. The van der Waals surface area contributed by atoms with Gasteiger partial charge < -0.3 is 20.3 Å². The van der Waals surface area contributed by atoms with Crippen LogP contribution in [0.15, 0.2) is 72.8 Å². The standard InChI is InChI=1S/C21H21NO3/c1-24-19-12-6-11-18(20(23)16-9-5-10-17(22)13-16)21(19)25-14-15-7-3-2-4-8-15/h2-13,20,23H,14,22H2,1H3. The molecule has 0 aliphatic carbocycles. The first-order chi connectivity index (χ1) is 12.2. The van der Waals surface area contributed by atoms with Gasteiger partial charge in [-0.2, -0.15) is 0 Å². The summed E-state index contributed by atoms with van der Waals surface area (Å²) in [6, 6.07) is 22.5. The van der Waals surface area contributed by atoms with Crippen molar-refractivity contribution in [2.24, 2.45) is 0 Å². The van der Waals surface area contributed by atoms with Crippen LogP contribution in [0.1, 0.15) is 22.8 Å². The second kappa shape index (κ2) is 7.73. The van der Waals surface area contributed by atoms with Gasteiger partial charge in [0.25, 0.3) is 0 Å². The lowest BCUT2D eigenvalue weighted by atomic mass is 10.00. The second-order valence-electron chi connectivity index (χ2n) is 5.73. The summed E-state index contributed by atoms with van der Waals surface area (Å²) in [5.74, 6) is 1.11. The van der Waals surface area contributed by atoms with Crippen LogP contribution in [-0.4, -0.2) is 12.2 Å². The molecule has 0 aliphatic heterocycles. The Bertz CT molecular complexity index is 834. The van der Waals surface area contributed by atoms with E-state index in [0.717, 1.165) is 5.56 Å². The van der Waals surface area contributed by atoms with Gasteiger partial charge in [-0.3, -0.25) is 0 Å². The van der Waals surface area contributed by atoms with Crippen LogP contribution in [0.5, 0.6) is 11.5 Å². The zero-order valence-corrected chi connectivity index (χ0v) is 14.1. The molecule has 0 saturated carbocycles. The predicted molar refractivity (Wildman–Crippen MR) is 98.7 cm³/mol. The smallest absolute Gasteiger partial charge is 0.167 e. The number of benzene rings is 3. The summed E-state index contributed by atoms with van der Waals surface area (Å²) in [6.07, 6.45) is -0.857. The monoisotopic (exact) mass is 335 g/mol. The first kappa shape index (κ1) is 16.9. The summed E-state index contributed by atoms with van der Waals surface area (Å²) < 4.78 is 11.4. The zero-order valence-electron chi connectivity index (χ0n) is 14.1. The van der Waals surface area contributed by atoms with Crippen LogP contribution >= 0.6 is 0 Å². The van der Waals surface area contributed by atoms with E-state index < -0.39 is 6.10 Å². The van der Waals surface area contributed by atoms with E-state index in [1.54, 1.807) is 19.2 Å². The van der Waals surface area contributed by atoms with Crippen molar-refractivity contribution in [1.82, 2.24) is 0 Å². The molecule has 0 radical (unpaired) electrons. The second-order valence-corrected chi connectivity index (χ2v) is 5.73. The molecule has 3 aromatic rings. The Morgan fingerprint density at radius 3 is 2.44 bits per heavy atom. The number of ether oxygens (including phenoxy) is 2. The highest BCUT2D eigenvalue weighted by Crippen LogP contribution is 2.38. The van der Waals surface area contributed by atoms with Gasteiger partial charge in [0.1, 0.15) is 12.7 Å². The van der Waals surface area contributed by atoms with E-state index in [1.165, 1.54) is 0 Å². The number of hydrogen-bond donors (Lipinski definition) is 2. The van der Waals surface area contributed by atoms with Crippen molar-refractivity contribution in [3.05, 3.63) is 89.5 Å². The van der Waals surface area contributed by atoms with Gasteiger partial charge in [0.15, 0.2) is 11.5 Å². The van der Waals surface area contributed by atoms with Crippen LogP contribution in [0.25, 0.3) is 0 Å². The normalized spacial score (nSPS) is 11.8. The predicted octanol–water partition coefficient (Wildman–Crippen LogP) is 3.94. The molecule has 1 atom stereocenters. The lowest BCUT2D eigenvalue weighted by molar-refractivity contribution is 0.206. The molecular weight excluding hydrogens is 314 g/mol. The van der Waals surface area contributed by atoms with Gasteiger partial charge in [0.05, 0.1) is 7.11 Å². The van der Waals surface area contributed by atoms with Crippen molar-refractivity contribution in [1.29, 1.82) is 0 Å². The van der Waals surface area contributed by atoms with Gasteiger partial charge in [-0.05, 0) is 29.3 Å². The van der Waals surface area contributed by atoms with Gasteiger partial charge in [-0.25, -0.2) is 0 Å². The van der Waals surface area contributed by atoms with Crippen LogP contribution in [0.2, 0.25) is 0 Å². The van der Waals surface area contributed by atoms with Crippen molar-refractivity contribution in [3.63, 3.8) is 0 Å². The third kappa shape index (κ3) is 3.92. The maximum atomic E-state index is 10.8. The molecule has 25 heavy (non-hydrogen) atoms. The molecule has 0 bridgehead atoms. The molecule has 0 spiro atoms.